The van der Waals surface area contributed by atoms with Crippen molar-refractivity contribution >= 4 is 17.3 Å². The van der Waals surface area contributed by atoms with Crippen molar-refractivity contribution in [1.29, 1.82) is 0 Å². The summed E-state index contributed by atoms with van der Waals surface area (Å²) >= 11 is 6.29. The van der Waals surface area contributed by atoms with Crippen LogP contribution in [0.25, 0.3) is 0 Å². The summed E-state index contributed by atoms with van der Waals surface area (Å²) in [4.78, 5) is 2.46. The van der Waals surface area contributed by atoms with Crippen molar-refractivity contribution in [3.8, 4) is 0 Å². The Hall–Kier alpha value is -0.730. The Morgan fingerprint density at radius 2 is 2.18 bits per heavy atom. The highest BCUT2D eigenvalue weighted by Crippen LogP contribution is 2.36. The standard InChI is InChI=1S/C14H21ClN2/c1-14(2)7-8-17(10-14)13-6-4-5-12(15)11(13)9-16-3/h4-6,16H,7-10H2,1-3H3. The first kappa shape index (κ1) is 12.7. The lowest BCUT2D eigenvalue weighted by atomic mass is 9.93. The number of hydrogen-bond donors (Lipinski definition) is 1. The summed E-state index contributed by atoms with van der Waals surface area (Å²) in [7, 11) is 1.96. The first-order chi connectivity index (χ1) is 8.03. The zero-order valence-corrected chi connectivity index (χ0v) is 11.6. The van der Waals surface area contributed by atoms with Crippen LogP contribution >= 0.6 is 11.6 Å². The second-order valence-electron chi connectivity index (χ2n) is 5.60. The van der Waals surface area contributed by atoms with Gasteiger partial charge >= 0.3 is 0 Å². The molecule has 1 saturated heterocycles. The topological polar surface area (TPSA) is 15.3 Å². The third kappa shape index (κ3) is 2.75. The third-order valence-corrected chi connectivity index (χ3v) is 3.82. The van der Waals surface area contributed by atoms with E-state index in [1.54, 1.807) is 0 Å². The van der Waals surface area contributed by atoms with Crippen LogP contribution in [0, 0.1) is 5.41 Å². The average molecular weight is 253 g/mol. The Morgan fingerprint density at radius 3 is 2.76 bits per heavy atom. The molecule has 0 bridgehead atoms. The largest absolute Gasteiger partial charge is 0.371 e. The molecule has 1 aromatic rings. The molecular weight excluding hydrogens is 232 g/mol. The Morgan fingerprint density at radius 1 is 1.41 bits per heavy atom. The number of anilines is 1. The predicted molar refractivity (Wildman–Crippen MR) is 74.8 cm³/mol. The van der Waals surface area contributed by atoms with Crippen molar-refractivity contribution in [3.05, 3.63) is 28.8 Å². The molecule has 0 saturated carbocycles. The van der Waals surface area contributed by atoms with Gasteiger partial charge in [0.15, 0.2) is 0 Å². The summed E-state index contributed by atoms with van der Waals surface area (Å²) in [5.41, 5.74) is 2.92. The van der Waals surface area contributed by atoms with Crippen molar-refractivity contribution in [2.75, 3.05) is 25.0 Å². The monoisotopic (exact) mass is 252 g/mol. The molecule has 1 aromatic carbocycles. The molecule has 0 atom stereocenters. The number of nitrogens with one attached hydrogen (secondary N) is 1. The van der Waals surface area contributed by atoms with Crippen LogP contribution in [-0.2, 0) is 6.54 Å². The number of nitrogens with zero attached hydrogens (tertiary/aromatic N) is 1. The molecule has 0 radical (unpaired) electrons. The molecule has 1 heterocycles. The lowest BCUT2D eigenvalue weighted by Crippen LogP contribution is -2.24. The molecule has 0 amide bonds. The summed E-state index contributed by atoms with van der Waals surface area (Å²) in [6.45, 7) is 7.73. The molecular formula is C14H21ClN2. The fraction of sp³-hybridized carbons (Fsp3) is 0.571. The van der Waals surface area contributed by atoms with Crippen LogP contribution in [0.1, 0.15) is 25.8 Å². The smallest absolute Gasteiger partial charge is 0.0471 e. The quantitative estimate of drug-likeness (QED) is 0.888. The molecule has 1 aliphatic heterocycles. The van der Waals surface area contributed by atoms with Crippen LogP contribution in [0.4, 0.5) is 5.69 Å². The number of benzene rings is 1. The number of halogens is 1. The molecule has 2 nitrogen and oxygen atoms in total. The van der Waals surface area contributed by atoms with Crippen molar-refractivity contribution in [2.24, 2.45) is 5.41 Å². The van der Waals surface area contributed by atoms with Gasteiger partial charge in [0.1, 0.15) is 0 Å². The Kier molecular flexibility index (Phi) is 3.64. The van der Waals surface area contributed by atoms with Gasteiger partial charge in [0, 0.05) is 35.9 Å². The molecule has 2 rings (SSSR count). The van der Waals surface area contributed by atoms with Crippen molar-refractivity contribution in [1.82, 2.24) is 5.32 Å². The maximum Gasteiger partial charge on any atom is 0.0471 e. The van der Waals surface area contributed by atoms with Crippen LogP contribution < -0.4 is 10.2 Å². The Balaban J connectivity index is 2.29. The van der Waals surface area contributed by atoms with Gasteiger partial charge in [-0.05, 0) is 31.0 Å². The number of hydrogen-bond acceptors (Lipinski definition) is 2. The van der Waals surface area contributed by atoms with E-state index >= 15 is 0 Å². The van der Waals surface area contributed by atoms with E-state index in [0.29, 0.717) is 5.41 Å². The molecule has 0 unspecified atom stereocenters. The summed E-state index contributed by atoms with van der Waals surface area (Å²) in [6.07, 6.45) is 1.25. The molecule has 1 fully saturated rings. The highest BCUT2D eigenvalue weighted by atomic mass is 35.5. The molecule has 94 valence electrons. The van der Waals surface area contributed by atoms with Gasteiger partial charge < -0.3 is 10.2 Å². The van der Waals surface area contributed by atoms with Gasteiger partial charge in [-0.25, -0.2) is 0 Å². The average Bonchev–Trinajstić information content (AvgIpc) is 2.62. The highest BCUT2D eigenvalue weighted by Gasteiger charge is 2.30. The van der Waals surface area contributed by atoms with Crippen molar-refractivity contribution in [2.45, 2.75) is 26.8 Å². The van der Waals surface area contributed by atoms with Crippen LogP contribution in [0.5, 0.6) is 0 Å². The minimum Gasteiger partial charge on any atom is -0.371 e. The molecule has 0 aromatic heterocycles. The predicted octanol–water partition coefficient (Wildman–Crippen LogP) is 3.30. The number of rotatable bonds is 3. The molecule has 17 heavy (non-hydrogen) atoms. The van der Waals surface area contributed by atoms with Crippen LogP contribution in [-0.4, -0.2) is 20.1 Å². The molecule has 1 aliphatic rings. The van der Waals surface area contributed by atoms with Crippen LogP contribution in [0.15, 0.2) is 18.2 Å². The summed E-state index contributed by atoms with van der Waals surface area (Å²) in [5, 5.41) is 4.06. The first-order valence-corrected chi connectivity index (χ1v) is 6.58. The van der Waals surface area contributed by atoms with Gasteiger partial charge in [-0.15, -0.1) is 0 Å². The maximum atomic E-state index is 6.29. The summed E-state index contributed by atoms with van der Waals surface area (Å²) in [6, 6.07) is 6.20. The molecule has 0 aliphatic carbocycles. The Bertz CT molecular complexity index is 401. The summed E-state index contributed by atoms with van der Waals surface area (Å²) in [5.74, 6) is 0. The van der Waals surface area contributed by atoms with Crippen molar-refractivity contribution in [3.63, 3.8) is 0 Å². The van der Waals surface area contributed by atoms with Gasteiger partial charge in [-0.2, -0.15) is 0 Å². The minimum atomic E-state index is 0.416. The van der Waals surface area contributed by atoms with E-state index in [9.17, 15) is 0 Å². The SMILES string of the molecule is CNCc1c(Cl)cccc1N1CCC(C)(C)C1. The van der Waals surface area contributed by atoms with Gasteiger partial charge in [-0.1, -0.05) is 31.5 Å². The molecule has 3 heteroatoms. The van der Waals surface area contributed by atoms with E-state index < -0.39 is 0 Å². The molecule has 0 spiro atoms. The van der Waals surface area contributed by atoms with Crippen molar-refractivity contribution < 1.29 is 0 Å². The van der Waals surface area contributed by atoms with Gasteiger partial charge in [0.25, 0.3) is 0 Å². The molecule has 1 N–H and O–H groups in total. The van der Waals surface area contributed by atoms with E-state index in [4.69, 9.17) is 11.6 Å². The van der Waals surface area contributed by atoms with Crippen LogP contribution in [0.3, 0.4) is 0 Å². The van der Waals surface area contributed by atoms with Gasteiger partial charge in [0.05, 0.1) is 0 Å². The first-order valence-electron chi connectivity index (χ1n) is 6.20. The van der Waals surface area contributed by atoms with E-state index in [0.717, 1.165) is 24.7 Å². The third-order valence-electron chi connectivity index (χ3n) is 3.47. The normalized spacial score (nSPS) is 18.7. The highest BCUT2D eigenvalue weighted by molar-refractivity contribution is 6.31. The zero-order chi connectivity index (χ0) is 12.5. The second kappa shape index (κ2) is 4.87. The Labute approximate surface area is 109 Å². The van der Waals surface area contributed by atoms with E-state index in [2.05, 4.69) is 30.1 Å². The van der Waals surface area contributed by atoms with Crippen LogP contribution in [0.2, 0.25) is 5.02 Å². The fourth-order valence-electron chi connectivity index (χ4n) is 2.51. The minimum absolute atomic E-state index is 0.416. The lowest BCUT2D eigenvalue weighted by Gasteiger charge is -2.24. The van der Waals surface area contributed by atoms with Gasteiger partial charge in [0.2, 0.25) is 0 Å². The van der Waals surface area contributed by atoms with E-state index in [1.807, 2.05) is 19.2 Å². The van der Waals surface area contributed by atoms with E-state index in [-0.39, 0.29) is 0 Å². The lowest BCUT2D eigenvalue weighted by molar-refractivity contribution is 0.418. The second-order valence-corrected chi connectivity index (χ2v) is 6.01. The fourth-order valence-corrected chi connectivity index (χ4v) is 2.75. The van der Waals surface area contributed by atoms with Gasteiger partial charge in [-0.3, -0.25) is 0 Å². The van der Waals surface area contributed by atoms with E-state index in [1.165, 1.54) is 17.7 Å². The maximum absolute atomic E-state index is 6.29. The zero-order valence-electron chi connectivity index (χ0n) is 10.9. The summed E-state index contributed by atoms with van der Waals surface area (Å²) < 4.78 is 0.